The maximum absolute atomic E-state index is 12.6. The van der Waals surface area contributed by atoms with Crippen molar-refractivity contribution in [1.29, 1.82) is 0 Å². The highest BCUT2D eigenvalue weighted by molar-refractivity contribution is 6.42. The topological polar surface area (TPSA) is 46.6 Å². The summed E-state index contributed by atoms with van der Waals surface area (Å²) in [6.45, 7) is 0.997. The highest BCUT2D eigenvalue weighted by Gasteiger charge is 2.28. The molecule has 0 unspecified atom stereocenters. The number of rotatable bonds is 5. The fraction of sp³-hybridized carbons (Fsp3) is 0.300. The molecule has 7 heteroatoms. The van der Waals surface area contributed by atoms with Crippen LogP contribution in [0.25, 0.3) is 0 Å². The van der Waals surface area contributed by atoms with Gasteiger partial charge in [0.15, 0.2) is 12.4 Å². The van der Waals surface area contributed by atoms with E-state index in [0.717, 1.165) is 0 Å². The first-order valence-electron chi connectivity index (χ1n) is 8.59. The summed E-state index contributed by atoms with van der Waals surface area (Å²) in [5.41, 5.74) is 0.554. The Kier molecular flexibility index (Phi) is 6.64. The van der Waals surface area contributed by atoms with E-state index in [1.807, 2.05) is 0 Å². The second-order valence-electron chi connectivity index (χ2n) is 6.39. The van der Waals surface area contributed by atoms with Crippen LogP contribution in [0.1, 0.15) is 23.2 Å². The Labute approximate surface area is 173 Å². The largest absolute Gasteiger partial charge is 0.484 e. The highest BCUT2D eigenvalue weighted by atomic mass is 35.5. The minimum Gasteiger partial charge on any atom is -0.484 e. The van der Waals surface area contributed by atoms with Crippen LogP contribution in [0.4, 0.5) is 0 Å². The van der Waals surface area contributed by atoms with Crippen LogP contribution < -0.4 is 4.74 Å². The number of nitrogens with zero attached hydrogens (tertiary/aromatic N) is 1. The van der Waals surface area contributed by atoms with E-state index in [1.54, 1.807) is 47.4 Å². The monoisotopic (exact) mass is 425 g/mol. The SMILES string of the molecule is O=C(c1ccc(Cl)c(Cl)c1)C1CCN(C(=O)COc2cccc(Cl)c2)CC1. The molecular weight excluding hydrogens is 409 g/mol. The van der Waals surface area contributed by atoms with Gasteiger partial charge in [-0.05, 0) is 49.2 Å². The van der Waals surface area contributed by atoms with Crippen LogP contribution in [-0.2, 0) is 4.79 Å². The lowest BCUT2D eigenvalue weighted by Crippen LogP contribution is -2.42. The van der Waals surface area contributed by atoms with Gasteiger partial charge in [-0.15, -0.1) is 0 Å². The van der Waals surface area contributed by atoms with Crippen LogP contribution in [0.5, 0.6) is 5.75 Å². The minimum absolute atomic E-state index is 0.0378. The molecule has 1 heterocycles. The third-order valence-corrected chi connectivity index (χ3v) is 5.56. The van der Waals surface area contributed by atoms with Crippen molar-refractivity contribution in [1.82, 2.24) is 4.90 Å². The van der Waals surface area contributed by atoms with Crippen molar-refractivity contribution in [2.24, 2.45) is 5.92 Å². The molecule has 1 fully saturated rings. The predicted molar refractivity (Wildman–Crippen MR) is 107 cm³/mol. The van der Waals surface area contributed by atoms with Crippen molar-refractivity contribution < 1.29 is 14.3 Å². The minimum atomic E-state index is -0.125. The zero-order valence-corrected chi connectivity index (χ0v) is 16.7. The summed E-state index contributed by atoms with van der Waals surface area (Å²) in [6.07, 6.45) is 1.23. The van der Waals surface area contributed by atoms with Crippen molar-refractivity contribution in [2.75, 3.05) is 19.7 Å². The van der Waals surface area contributed by atoms with Gasteiger partial charge in [0.25, 0.3) is 5.91 Å². The van der Waals surface area contributed by atoms with Crippen molar-refractivity contribution in [3.8, 4) is 5.75 Å². The standard InChI is InChI=1S/C20H18Cl3NO3/c21-15-2-1-3-16(11-15)27-12-19(25)24-8-6-13(7-9-24)20(26)14-4-5-17(22)18(23)10-14/h1-5,10-11,13H,6-9,12H2. The van der Waals surface area contributed by atoms with Gasteiger partial charge in [0.2, 0.25) is 0 Å². The average Bonchev–Trinajstić information content (AvgIpc) is 2.68. The molecule has 0 saturated carbocycles. The lowest BCUT2D eigenvalue weighted by molar-refractivity contribution is -0.134. The van der Waals surface area contributed by atoms with Crippen molar-refractivity contribution in [3.63, 3.8) is 0 Å². The number of likely N-dealkylation sites (tertiary alicyclic amines) is 1. The van der Waals surface area contributed by atoms with E-state index in [2.05, 4.69) is 0 Å². The number of halogens is 3. The number of piperidine rings is 1. The fourth-order valence-corrected chi connectivity index (χ4v) is 3.55. The molecule has 3 rings (SSSR count). The molecule has 4 nitrogen and oxygen atoms in total. The molecule has 2 aromatic rings. The molecule has 0 aliphatic carbocycles. The molecule has 1 aliphatic heterocycles. The number of carbonyl (C=O) groups excluding carboxylic acids is 2. The summed E-state index contributed by atoms with van der Waals surface area (Å²) in [5, 5.41) is 1.35. The molecular formula is C20H18Cl3NO3. The first-order chi connectivity index (χ1) is 12.9. The third kappa shape index (κ3) is 5.16. The Morgan fingerprint density at radius 2 is 1.74 bits per heavy atom. The summed E-state index contributed by atoms with van der Waals surface area (Å²) in [6, 6.07) is 11.8. The number of benzene rings is 2. The molecule has 142 valence electrons. The Bertz CT molecular complexity index is 848. The van der Waals surface area contributed by atoms with E-state index < -0.39 is 0 Å². The lowest BCUT2D eigenvalue weighted by atomic mass is 9.89. The number of carbonyl (C=O) groups is 2. The molecule has 2 aromatic carbocycles. The van der Waals surface area contributed by atoms with E-state index in [-0.39, 0.29) is 24.2 Å². The molecule has 0 spiro atoms. The smallest absolute Gasteiger partial charge is 0.260 e. The Balaban J connectivity index is 1.51. The zero-order chi connectivity index (χ0) is 19.4. The molecule has 0 N–H and O–H groups in total. The maximum atomic E-state index is 12.6. The molecule has 0 radical (unpaired) electrons. The Morgan fingerprint density at radius 3 is 2.41 bits per heavy atom. The fourth-order valence-electron chi connectivity index (χ4n) is 3.07. The van der Waals surface area contributed by atoms with Crippen molar-refractivity contribution in [3.05, 3.63) is 63.1 Å². The Hall–Kier alpha value is -1.75. The van der Waals surface area contributed by atoms with Gasteiger partial charge in [-0.25, -0.2) is 0 Å². The molecule has 1 saturated heterocycles. The first-order valence-corrected chi connectivity index (χ1v) is 9.73. The quantitative estimate of drug-likeness (QED) is 0.621. The molecule has 1 amide bonds. The first kappa shape index (κ1) is 20.0. The van der Waals surface area contributed by atoms with E-state index in [4.69, 9.17) is 39.5 Å². The van der Waals surface area contributed by atoms with Crippen LogP contribution in [0, 0.1) is 5.92 Å². The molecule has 27 heavy (non-hydrogen) atoms. The Morgan fingerprint density at radius 1 is 1.00 bits per heavy atom. The van der Waals surface area contributed by atoms with Gasteiger partial charge >= 0.3 is 0 Å². The average molecular weight is 427 g/mol. The van der Waals surface area contributed by atoms with Crippen LogP contribution in [0.15, 0.2) is 42.5 Å². The van der Waals surface area contributed by atoms with Crippen LogP contribution in [0.3, 0.4) is 0 Å². The van der Waals surface area contributed by atoms with Crippen LogP contribution >= 0.6 is 34.8 Å². The maximum Gasteiger partial charge on any atom is 0.260 e. The highest BCUT2D eigenvalue weighted by Crippen LogP contribution is 2.27. The van der Waals surface area contributed by atoms with Crippen molar-refractivity contribution in [2.45, 2.75) is 12.8 Å². The number of hydrogen-bond donors (Lipinski definition) is 0. The van der Waals surface area contributed by atoms with Gasteiger partial charge in [0.1, 0.15) is 5.75 Å². The van der Waals surface area contributed by atoms with Gasteiger partial charge in [0, 0.05) is 29.6 Å². The number of Topliss-reactive ketones (excluding diaryl/α,β-unsaturated/α-hetero) is 1. The normalized spacial score (nSPS) is 14.9. The number of ketones is 1. The summed E-state index contributed by atoms with van der Waals surface area (Å²) in [7, 11) is 0. The molecule has 0 bridgehead atoms. The predicted octanol–water partition coefficient (Wildman–Crippen LogP) is 5.15. The van der Waals surface area contributed by atoms with Gasteiger partial charge in [-0.2, -0.15) is 0 Å². The van der Waals surface area contributed by atoms with E-state index in [0.29, 0.717) is 52.3 Å². The second kappa shape index (κ2) is 8.96. The van der Waals surface area contributed by atoms with Gasteiger partial charge in [-0.3, -0.25) is 9.59 Å². The summed E-state index contributed by atoms with van der Waals surface area (Å²) in [4.78, 5) is 26.7. The number of hydrogen-bond acceptors (Lipinski definition) is 3. The van der Waals surface area contributed by atoms with Gasteiger partial charge in [-0.1, -0.05) is 40.9 Å². The van der Waals surface area contributed by atoms with E-state index in [9.17, 15) is 9.59 Å². The second-order valence-corrected chi connectivity index (χ2v) is 7.65. The van der Waals surface area contributed by atoms with E-state index >= 15 is 0 Å². The number of ether oxygens (including phenoxy) is 1. The van der Waals surface area contributed by atoms with Gasteiger partial charge < -0.3 is 9.64 Å². The number of amides is 1. The van der Waals surface area contributed by atoms with Crippen LogP contribution in [0.2, 0.25) is 15.1 Å². The van der Waals surface area contributed by atoms with Crippen molar-refractivity contribution >= 4 is 46.5 Å². The van der Waals surface area contributed by atoms with Crippen LogP contribution in [-0.4, -0.2) is 36.3 Å². The lowest BCUT2D eigenvalue weighted by Gasteiger charge is -2.31. The summed E-state index contributed by atoms with van der Waals surface area (Å²) >= 11 is 17.8. The van der Waals surface area contributed by atoms with Gasteiger partial charge in [0.05, 0.1) is 10.0 Å². The zero-order valence-electron chi connectivity index (χ0n) is 14.5. The summed E-state index contributed by atoms with van der Waals surface area (Å²) < 4.78 is 5.50. The third-order valence-electron chi connectivity index (χ3n) is 4.58. The molecule has 1 aliphatic rings. The molecule has 0 aromatic heterocycles. The summed E-state index contributed by atoms with van der Waals surface area (Å²) in [5.74, 6) is 0.368. The van der Waals surface area contributed by atoms with E-state index in [1.165, 1.54) is 0 Å². The molecule has 0 atom stereocenters.